The van der Waals surface area contributed by atoms with Crippen molar-refractivity contribution in [1.82, 2.24) is 0 Å². The minimum Gasteiger partial charge on any atom is -0.449 e. The molecule has 148 valence electrons. The number of carbonyl (C=O) groups excluding carboxylic acids is 1. The molecule has 0 unspecified atom stereocenters. The van der Waals surface area contributed by atoms with Crippen LogP contribution in [0.4, 0.5) is 0 Å². The zero-order valence-electron chi connectivity index (χ0n) is 16.2. The van der Waals surface area contributed by atoms with Crippen LogP contribution < -0.4 is 9.68 Å². The fourth-order valence-electron chi connectivity index (χ4n) is 3.48. The first kappa shape index (κ1) is 18.4. The molecule has 0 saturated carbocycles. The molecule has 0 aliphatic rings. The van der Waals surface area contributed by atoms with E-state index >= 15 is 0 Å². The average Bonchev–Trinajstić information content (AvgIpc) is 3.27. The molecule has 0 fully saturated rings. The maximum absolute atomic E-state index is 12.8. The summed E-state index contributed by atoms with van der Waals surface area (Å²) in [5, 5.41) is 0.869. The number of hydrogen-bond acceptors (Lipinski definition) is 6. The van der Waals surface area contributed by atoms with Crippen molar-refractivity contribution in [1.29, 1.82) is 0 Å². The molecule has 2 aromatic heterocycles. The second-order valence-electron chi connectivity index (χ2n) is 7.06. The number of esters is 1. The molecular formula is C24H16O5S. The number of ether oxygens (including phenoxy) is 1. The van der Waals surface area contributed by atoms with Gasteiger partial charge in [-0.1, -0.05) is 59.4 Å². The van der Waals surface area contributed by atoms with Crippen LogP contribution in [0.15, 0.2) is 74.3 Å². The van der Waals surface area contributed by atoms with Crippen LogP contribution in [0.25, 0.3) is 32.4 Å². The molecule has 5 nitrogen and oxygen atoms in total. The van der Waals surface area contributed by atoms with Gasteiger partial charge in [-0.15, -0.1) is 0 Å². The van der Waals surface area contributed by atoms with Gasteiger partial charge in [0.25, 0.3) is 0 Å². The second-order valence-corrected chi connectivity index (χ2v) is 8.04. The van der Waals surface area contributed by atoms with Crippen LogP contribution >= 0.6 is 11.3 Å². The Morgan fingerprint density at radius 1 is 0.967 bits per heavy atom. The molecule has 0 aliphatic carbocycles. The van der Waals surface area contributed by atoms with E-state index in [1.54, 1.807) is 12.1 Å². The highest BCUT2D eigenvalue weighted by Gasteiger charge is 2.21. The molecule has 5 rings (SSSR count). The van der Waals surface area contributed by atoms with Crippen LogP contribution in [0.3, 0.4) is 0 Å². The maximum Gasteiger partial charge on any atom is 0.396 e. The molecule has 30 heavy (non-hydrogen) atoms. The van der Waals surface area contributed by atoms with Gasteiger partial charge in [0.15, 0.2) is 5.58 Å². The van der Waals surface area contributed by atoms with Crippen molar-refractivity contribution >= 4 is 38.6 Å². The Labute approximate surface area is 175 Å². The van der Waals surface area contributed by atoms with Gasteiger partial charge in [0.2, 0.25) is 5.76 Å². The number of hydrogen-bond donors (Lipinski definition) is 0. The van der Waals surface area contributed by atoms with Crippen LogP contribution in [0, 0.1) is 13.8 Å². The molecule has 0 saturated heterocycles. The molecule has 3 aromatic carbocycles. The molecule has 5 aromatic rings. The Hall–Kier alpha value is -3.64. The first-order chi connectivity index (χ1) is 14.5. The van der Waals surface area contributed by atoms with E-state index in [2.05, 4.69) is 0 Å². The molecule has 0 bridgehead atoms. The van der Waals surface area contributed by atoms with Crippen molar-refractivity contribution in [3.63, 3.8) is 0 Å². The highest BCUT2D eigenvalue weighted by Crippen LogP contribution is 2.35. The first-order valence-electron chi connectivity index (χ1n) is 9.34. The standard InChI is InChI=1S/C24H16O5S/c1-13-7-9-15(10-8-13)18-11-16(12-20-22(18)29-24(26)30-20)27-23(25)21-14(2)17-5-3-4-6-19(17)28-21/h3-12H,1-2H3. The summed E-state index contributed by atoms with van der Waals surface area (Å²) in [6, 6.07) is 18.6. The minimum absolute atomic E-state index is 0.161. The molecule has 0 atom stereocenters. The molecular weight excluding hydrogens is 400 g/mol. The third kappa shape index (κ3) is 3.11. The zero-order valence-corrected chi connectivity index (χ0v) is 17.0. The van der Waals surface area contributed by atoms with Crippen LogP contribution in [0.5, 0.6) is 5.75 Å². The molecule has 0 amide bonds. The largest absolute Gasteiger partial charge is 0.449 e. The van der Waals surface area contributed by atoms with Gasteiger partial charge in [-0.3, -0.25) is 0 Å². The normalized spacial score (nSPS) is 11.3. The molecule has 6 heteroatoms. The SMILES string of the molecule is Cc1ccc(-c2cc(OC(=O)c3oc4ccccc4c3C)cc3sc(=O)oc23)cc1. The zero-order chi connectivity index (χ0) is 20.8. The third-order valence-electron chi connectivity index (χ3n) is 5.01. The summed E-state index contributed by atoms with van der Waals surface area (Å²) in [4.78, 5) is 24.3. The lowest BCUT2D eigenvalue weighted by molar-refractivity contribution is 0.0703. The molecule has 0 spiro atoms. The summed E-state index contributed by atoms with van der Waals surface area (Å²) in [6.07, 6.45) is 0. The lowest BCUT2D eigenvalue weighted by atomic mass is 10.0. The monoisotopic (exact) mass is 416 g/mol. The van der Waals surface area contributed by atoms with Crippen LogP contribution in [0.1, 0.15) is 21.7 Å². The van der Waals surface area contributed by atoms with E-state index in [4.69, 9.17) is 13.6 Å². The van der Waals surface area contributed by atoms with Gasteiger partial charge in [-0.05, 0) is 31.5 Å². The van der Waals surface area contributed by atoms with E-state index in [9.17, 15) is 9.59 Å². The van der Waals surface area contributed by atoms with E-state index in [1.165, 1.54) is 0 Å². The van der Waals surface area contributed by atoms with Crippen molar-refractivity contribution < 1.29 is 18.4 Å². The van der Waals surface area contributed by atoms with Gasteiger partial charge in [0, 0.05) is 22.6 Å². The molecule has 0 aliphatic heterocycles. The highest BCUT2D eigenvalue weighted by molar-refractivity contribution is 7.16. The predicted octanol–water partition coefficient (Wildman–Crippen LogP) is 6.10. The quantitative estimate of drug-likeness (QED) is 0.262. The number of furan rings is 1. The lowest BCUT2D eigenvalue weighted by Crippen LogP contribution is -2.08. The number of fused-ring (bicyclic) bond motifs is 2. The fourth-order valence-corrected chi connectivity index (χ4v) is 4.20. The van der Waals surface area contributed by atoms with Crippen LogP contribution in [-0.2, 0) is 0 Å². The van der Waals surface area contributed by atoms with Crippen molar-refractivity contribution in [2.75, 3.05) is 0 Å². The number of benzene rings is 3. The Morgan fingerprint density at radius 3 is 2.50 bits per heavy atom. The summed E-state index contributed by atoms with van der Waals surface area (Å²) in [6.45, 7) is 3.82. The van der Waals surface area contributed by atoms with Crippen molar-refractivity contribution in [3.8, 4) is 16.9 Å². The minimum atomic E-state index is -0.589. The smallest absolute Gasteiger partial charge is 0.396 e. The number of aryl methyl sites for hydroxylation is 2. The average molecular weight is 416 g/mol. The van der Waals surface area contributed by atoms with Crippen LogP contribution in [-0.4, -0.2) is 5.97 Å². The van der Waals surface area contributed by atoms with E-state index in [0.29, 0.717) is 27.2 Å². The summed E-state index contributed by atoms with van der Waals surface area (Å²) >= 11 is 0.971. The van der Waals surface area contributed by atoms with E-state index in [0.717, 1.165) is 33.4 Å². The summed E-state index contributed by atoms with van der Waals surface area (Å²) in [7, 11) is 0. The molecule has 0 N–H and O–H groups in total. The van der Waals surface area contributed by atoms with Crippen molar-refractivity contribution in [2.24, 2.45) is 0 Å². The van der Waals surface area contributed by atoms with Gasteiger partial charge >= 0.3 is 10.9 Å². The third-order valence-corrected chi connectivity index (χ3v) is 5.78. The Morgan fingerprint density at radius 2 is 1.73 bits per heavy atom. The summed E-state index contributed by atoms with van der Waals surface area (Å²) in [5.41, 5.74) is 4.51. The second kappa shape index (κ2) is 7.00. The summed E-state index contributed by atoms with van der Waals surface area (Å²) < 4.78 is 17.4. The van der Waals surface area contributed by atoms with Crippen LogP contribution in [0.2, 0.25) is 0 Å². The Kier molecular flexibility index (Phi) is 4.29. The van der Waals surface area contributed by atoms with Crippen molar-refractivity contribution in [2.45, 2.75) is 13.8 Å². The Balaban J connectivity index is 1.58. The number of para-hydroxylation sites is 1. The number of rotatable bonds is 3. The highest BCUT2D eigenvalue weighted by atomic mass is 32.1. The Bertz CT molecular complexity index is 1470. The van der Waals surface area contributed by atoms with Gasteiger partial charge in [0.05, 0.1) is 4.70 Å². The predicted molar refractivity (Wildman–Crippen MR) is 116 cm³/mol. The van der Waals surface area contributed by atoms with Gasteiger partial charge < -0.3 is 13.6 Å². The number of carbonyl (C=O) groups is 1. The van der Waals surface area contributed by atoms with Crippen molar-refractivity contribution in [3.05, 3.63) is 87.3 Å². The van der Waals surface area contributed by atoms with Gasteiger partial charge in [0.1, 0.15) is 11.3 Å². The van der Waals surface area contributed by atoms with E-state index < -0.39 is 10.9 Å². The van der Waals surface area contributed by atoms with E-state index in [1.807, 2.05) is 62.4 Å². The molecule has 2 heterocycles. The molecule has 0 radical (unpaired) electrons. The van der Waals surface area contributed by atoms with Gasteiger partial charge in [-0.25, -0.2) is 9.59 Å². The summed E-state index contributed by atoms with van der Waals surface area (Å²) in [5.74, 6) is -0.109. The maximum atomic E-state index is 12.8. The van der Waals surface area contributed by atoms with E-state index in [-0.39, 0.29) is 5.76 Å². The fraction of sp³-hybridized carbons (Fsp3) is 0.0833. The van der Waals surface area contributed by atoms with Gasteiger partial charge in [-0.2, -0.15) is 0 Å². The first-order valence-corrected chi connectivity index (χ1v) is 10.2. The topological polar surface area (TPSA) is 69.7 Å². The lowest BCUT2D eigenvalue weighted by Gasteiger charge is -2.08.